The second-order valence-corrected chi connectivity index (χ2v) is 5.66. The second-order valence-electron chi connectivity index (χ2n) is 4.68. The SMILES string of the molecule is CCC1C(=O)NC(C(C)C)C(=O)N1CCSC. The Balaban J connectivity index is 2.84. The summed E-state index contributed by atoms with van der Waals surface area (Å²) < 4.78 is 0. The van der Waals surface area contributed by atoms with Crippen molar-refractivity contribution in [3.63, 3.8) is 0 Å². The van der Waals surface area contributed by atoms with Crippen molar-refractivity contribution in [3.05, 3.63) is 0 Å². The van der Waals surface area contributed by atoms with Crippen molar-refractivity contribution >= 4 is 23.6 Å². The zero-order valence-electron chi connectivity index (χ0n) is 11.0. The van der Waals surface area contributed by atoms with Crippen LogP contribution < -0.4 is 5.32 Å². The predicted molar refractivity (Wildman–Crippen MR) is 70.9 cm³/mol. The Morgan fingerprint density at radius 2 is 2.06 bits per heavy atom. The smallest absolute Gasteiger partial charge is 0.246 e. The molecule has 98 valence electrons. The standard InChI is InChI=1S/C12H22N2O2S/c1-5-9-11(15)13-10(8(2)3)12(16)14(9)6-7-17-4/h8-10H,5-7H2,1-4H3,(H,13,15). The van der Waals surface area contributed by atoms with E-state index in [-0.39, 0.29) is 29.8 Å². The average molecular weight is 258 g/mol. The quantitative estimate of drug-likeness (QED) is 0.803. The molecule has 0 aliphatic carbocycles. The van der Waals surface area contributed by atoms with E-state index in [1.165, 1.54) is 0 Å². The van der Waals surface area contributed by atoms with E-state index in [2.05, 4.69) is 5.32 Å². The van der Waals surface area contributed by atoms with Crippen molar-refractivity contribution in [1.29, 1.82) is 0 Å². The van der Waals surface area contributed by atoms with Gasteiger partial charge in [0.1, 0.15) is 12.1 Å². The lowest BCUT2D eigenvalue weighted by Crippen LogP contribution is -2.64. The average Bonchev–Trinajstić information content (AvgIpc) is 2.29. The molecular weight excluding hydrogens is 236 g/mol. The molecule has 1 rings (SSSR count). The van der Waals surface area contributed by atoms with Crippen molar-refractivity contribution in [3.8, 4) is 0 Å². The largest absolute Gasteiger partial charge is 0.342 e. The first kappa shape index (κ1) is 14.4. The number of hydrogen-bond donors (Lipinski definition) is 1. The van der Waals surface area contributed by atoms with Gasteiger partial charge >= 0.3 is 0 Å². The van der Waals surface area contributed by atoms with Gasteiger partial charge in [0.25, 0.3) is 0 Å². The monoisotopic (exact) mass is 258 g/mol. The van der Waals surface area contributed by atoms with E-state index >= 15 is 0 Å². The van der Waals surface area contributed by atoms with E-state index < -0.39 is 0 Å². The summed E-state index contributed by atoms with van der Waals surface area (Å²) in [7, 11) is 0. The number of rotatable bonds is 5. The molecule has 0 spiro atoms. The van der Waals surface area contributed by atoms with E-state index in [1.807, 2.05) is 27.0 Å². The summed E-state index contributed by atoms with van der Waals surface area (Å²) in [6.07, 6.45) is 2.69. The normalized spacial score (nSPS) is 25.4. The van der Waals surface area contributed by atoms with Gasteiger partial charge in [-0.1, -0.05) is 20.8 Å². The maximum atomic E-state index is 12.3. The van der Waals surface area contributed by atoms with Gasteiger partial charge in [-0.3, -0.25) is 9.59 Å². The third-order valence-corrected chi connectivity index (χ3v) is 3.71. The van der Waals surface area contributed by atoms with Crippen LogP contribution in [0.2, 0.25) is 0 Å². The van der Waals surface area contributed by atoms with Crippen molar-refractivity contribution in [2.24, 2.45) is 5.92 Å². The lowest BCUT2D eigenvalue weighted by atomic mass is 9.97. The highest BCUT2D eigenvalue weighted by atomic mass is 32.2. The van der Waals surface area contributed by atoms with Crippen LogP contribution in [0.15, 0.2) is 0 Å². The minimum absolute atomic E-state index is 0.00750. The van der Waals surface area contributed by atoms with Crippen molar-refractivity contribution in [2.75, 3.05) is 18.6 Å². The second kappa shape index (κ2) is 6.28. The fourth-order valence-electron chi connectivity index (χ4n) is 2.10. The van der Waals surface area contributed by atoms with E-state index in [0.717, 1.165) is 5.75 Å². The van der Waals surface area contributed by atoms with Gasteiger partial charge in [0.05, 0.1) is 0 Å². The fraction of sp³-hybridized carbons (Fsp3) is 0.833. The molecule has 0 radical (unpaired) electrons. The number of piperazine rings is 1. The Labute approximate surface area is 108 Å². The first-order chi connectivity index (χ1) is 8.02. The summed E-state index contributed by atoms with van der Waals surface area (Å²) in [4.78, 5) is 26.0. The van der Waals surface area contributed by atoms with Crippen LogP contribution in [-0.4, -0.2) is 47.4 Å². The number of nitrogens with one attached hydrogen (secondary N) is 1. The first-order valence-electron chi connectivity index (χ1n) is 6.12. The molecule has 1 fully saturated rings. The Morgan fingerprint density at radius 3 is 2.53 bits per heavy atom. The van der Waals surface area contributed by atoms with Crippen LogP contribution in [-0.2, 0) is 9.59 Å². The summed E-state index contributed by atoms with van der Waals surface area (Å²) in [6.45, 7) is 6.53. The van der Waals surface area contributed by atoms with Gasteiger partial charge in [-0.05, 0) is 18.6 Å². The summed E-state index contributed by atoms with van der Waals surface area (Å²) in [5.74, 6) is 1.08. The third kappa shape index (κ3) is 3.15. The van der Waals surface area contributed by atoms with Crippen molar-refractivity contribution < 1.29 is 9.59 Å². The van der Waals surface area contributed by atoms with E-state index in [0.29, 0.717) is 13.0 Å². The van der Waals surface area contributed by atoms with E-state index in [1.54, 1.807) is 16.7 Å². The lowest BCUT2D eigenvalue weighted by molar-refractivity contribution is -0.150. The van der Waals surface area contributed by atoms with Gasteiger partial charge in [0, 0.05) is 12.3 Å². The summed E-state index contributed by atoms with van der Waals surface area (Å²) >= 11 is 1.70. The summed E-state index contributed by atoms with van der Waals surface area (Å²) in [5, 5.41) is 2.84. The number of hydrogen-bond acceptors (Lipinski definition) is 3. The van der Waals surface area contributed by atoms with Crippen molar-refractivity contribution in [2.45, 2.75) is 39.3 Å². The molecule has 2 unspecified atom stereocenters. The third-order valence-electron chi connectivity index (χ3n) is 3.12. The molecule has 17 heavy (non-hydrogen) atoms. The molecule has 1 aliphatic heterocycles. The number of amides is 2. The van der Waals surface area contributed by atoms with Gasteiger partial charge < -0.3 is 10.2 Å². The van der Waals surface area contributed by atoms with Gasteiger partial charge in [-0.2, -0.15) is 11.8 Å². The number of nitrogens with zero attached hydrogens (tertiary/aromatic N) is 1. The highest BCUT2D eigenvalue weighted by Gasteiger charge is 2.40. The zero-order chi connectivity index (χ0) is 13.0. The molecule has 0 bridgehead atoms. The molecule has 0 saturated carbocycles. The first-order valence-corrected chi connectivity index (χ1v) is 7.52. The van der Waals surface area contributed by atoms with Crippen LogP contribution in [0.1, 0.15) is 27.2 Å². The van der Waals surface area contributed by atoms with E-state index in [4.69, 9.17) is 0 Å². The van der Waals surface area contributed by atoms with Gasteiger partial charge in [-0.15, -0.1) is 0 Å². The molecule has 4 nitrogen and oxygen atoms in total. The molecular formula is C12H22N2O2S. The highest BCUT2D eigenvalue weighted by Crippen LogP contribution is 2.17. The van der Waals surface area contributed by atoms with Crippen molar-refractivity contribution in [1.82, 2.24) is 10.2 Å². The van der Waals surface area contributed by atoms with E-state index in [9.17, 15) is 9.59 Å². The van der Waals surface area contributed by atoms with Crippen LogP contribution >= 0.6 is 11.8 Å². The Kier molecular flexibility index (Phi) is 5.31. The Morgan fingerprint density at radius 1 is 1.41 bits per heavy atom. The molecule has 2 atom stereocenters. The molecule has 0 aromatic rings. The van der Waals surface area contributed by atoms with Crippen LogP contribution in [0.5, 0.6) is 0 Å². The molecule has 0 aromatic heterocycles. The molecule has 1 saturated heterocycles. The number of thioether (sulfide) groups is 1. The Hall–Kier alpha value is -0.710. The molecule has 1 N–H and O–H groups in total. The molecule has 1 aliphatic rings. The van der Waals surface area contributed by atoms with Crippen LogP contribution in [0.4, 0.5) is 0 Å². The molecule has 1 heterocycles. The maximum Gasteiger partial charge on any atom is 0.246 e. The highest BCUT2D eigenvalue weighted by molar-refractivity contribution is 7.98. The summed E-state index contributed by atoms with van der Waals surface area (Å²) in [6, 6.07) is -0.642. The topological polar surface area (TPSA) is 49.4 Å². The van der Waals surface area contributed by atoms with Gasteiger partial charge in [-0.25, -0.2) is 0 Å². The Bertz CT molecular complexity index is 294. The van der Waals surface area contributed by atoms with Crippen LogP contribution in [0, 0.1) is 5.92 Å². The van der Waals surface area contributed by atoms with Gasteiger partial charge in [0.2, 0.25) is 11.8 Å². The molecule has 5 heteroatoms. The van der Waals surface area contributed by atoms with Crippen LogP contribution in [0.3, 0.4) is 0 Å². The molecule has 0 aromatic carbocycles. The summed E-state index contributed by atoms with van der Waals surface area (Å²) in [5.41, 5.74) is 0. The number of carbonyl (C=O) groups excluding carboxylic acids is 2. The number of carbonyl (C=O) groups is 2. The minimum Gasteiger partial charge on any atom is -0.342 e. The van der Waals surface area contributed by atoms with Gasteiger partial charge in [0.15, 0.2) is 0 Å². The zero-order valence-corrected chi connectivity index (χ0v) is 11.8. The maximum absolute atomic E-state index is 12.3. The van der Waals surface area contributed by atoms with Crippen LogP contribution in [0.25, 0.3) is 0 Å². The fourth-order valence-corrected chi connectivity index (χ4v) is 2.48. The predicted octanol–water partition coefficient (Wildman–Crippen LogP) is 1.11. The minimum atomic E-state index is -0.354. The molecule has 2 amide bonds. The lowest BCUT2D eigenvalue weighted by Gasteiger charge is -2.40.